The summed E-state index contributed by atoms with van der Waals surface area (Å²) in [6.45, 7) is 5.94. The summed E-state index contributed by atoms with van der Waals surface area (Å²) in [4.78, 5) is 68.7. The van der Waals surface area contributed by atoms with Gasteiger partial charge in [0.1, 0.15) is 35.2 Å². The van der Waals surface area contributed by atoms with Gasteiger partial charge in [0.05, 0.1) is 51.9 Å². The number of benzene rings is 1. The lowest BCUT2D eigenvalue weighted by atomic mass is 9.96. The second kappa shape index (κ2) is 19.8. The third kappa shape index (κ3) is 10.9. The van der Waals surface area contributed by atoms with Crippen molar-refractivity contribution in [3.8, 4) is 33.3 Å². The molecule has 69 heavy (non-hydrogen) atoms. The number of pyridine rings is 1. The van der Waals surface area contributed by atoms with Gasteiger partial charge in [-0.3, -0.25) is 24.1 Å². The van der Waals surface area contributed by atoms with Crippen molar-refractivity contribution < 1.29 is 64.5 Å². The minimum Gasteiger partial charge on any atom is -0.491 e. The molecule has 2 saturated carbocycles. The normalized spacial score (nSPS) is 28.8. The average Bonchev–Trinajstić information content (AvgIpc) is 4.05. The van der Waals surface area contributed by atoms with Crippen LogP contribution in [0.5, 0.6) is 11.5 Å². The molecule has 3 N–H and O–H groups in total. The van der Waals surface area contributed by atoms with Gasteiger partial charge in [-0.2, -0.15) is 13.2 Å². The van der Waals surface area contributed by atoms with Crippen LogP contribution < -0.4 is 24.8 Å². The smallest absolute Gasteiger partial charge is 0.430 e. The summed E-state index contributed by atoms with van der Waals surface area (Å²) in [7, 11) is -4.12. The monoisotopic (exact) mass is 1000 g/mol. The van der Waals surface area contributed by atoms with E-state index >= 15 is 4.79 Å². The van der Waals surface area contributed by atoms with Crippen LogP contribution in [-0.2, 0) is 38.6 Å². The molecule has 374 valence electrons. The van der Waals surface area contributed by atoms with Gasteiger partial charge in [0.25, 0.3) is 5.91 Å². The zero-order valence-electron chi connectivity index (χ0n) is 38.7. The van der Waals surface area contributed by atoms with Crippen molar-refractivity contribution >= 4 is 45.2 Å². The van der Waals surface area contributed by atoms with E-state index in [1.165, 1.54) is 18.3 Å². The number of fused-ring (bicyclic) bond motifs is 2. The Morgan fingerprint density at radius 1 is 1.06 bits per heavy atom. The third-order valence-electron chi connectivity index (χ3n) is 13.3. The lowest BCUT2D eigenvalue weighted by molar-refractivity contribution is -0.285. The molecule has 1 unspecified atom stereocenters. The first-order valence-electron chi connectivity index (χ1n) is 23.2. The van der Waals surface area contributed by atoms with Crippen molar-refractivity contribution in [3.63, 3.8) is 0 Å². The molecule has 1 aromatic carbocycles. The van der Waals surface area contributed by atoms with Gasteiger partial charge < -0.3 is 39.2 Å². The Hall–Kier alpha value is -5.32. The summed E-state index contributed by atoms with van der Waals surface area (Å²) >= 11 is 1.35. The maximum Gasteiger partial charge on any atom is 0.430 e. The first-order valence-corrected chi connectivity index (χ1v) is 25.6. The van der Waals surface area contributed by atoms with Crippen LogP contribution in [0.2, 0.25) is 0 Å². The topological polar surface area (TPSA) is 214 Å². The molecule has 3 aromatic rings. The molecule has 5 aliphatic rings. The molecular weight excluding hydrogens is 946 g/mol. The maximum absolute atomic E-state index is 15.1. The van der Waals surface area contributed by atoms with E-state index < -0.39 is 99.1 Å². The SMILES string of the molecule is CC[C@@H]1OCCC/C=C\[C@@H]2C[C@@]2(C(=O)NS(=O)(=O)C2(C)CC2)NC(=O)[C@@H]2C[C@@H](Oc3cc(-c4ccc(OC(C)C)cc4)nc(-c4cncs4)c3)CN2C(=O)[C@H]1NC(=O)OC1(C(F)(F)F)CCCOC1. The van der Waals surface area contributed by atoms with E-state index in [4.69, 9.17) is 28.7 Å². The quantitative estimate of drug-likeness (QED) is 0.172. The van der Waals surface area contributed by atoms with Crippen LogP contribution in [0.3, 0.4) is 0 Å². The number of alkyl halides is 3. The molecule has 2 aromatic heterocycles. The van der Waals surface area contributed by atoms with Gasteiger partial charge >= 0.3 is 12.3 Å². The highest BCUT2D eigenvalue weighted by Gasteiger charge is 2.63. The van der Waals surface area contributed by atoms with Crippen molar-refractivity contribution in [2.45, 2.75) is 138 Å². The number of rotatable bonds is 12. The van der Waals surface area contributed by atoms with Crippen LogP contribution in [0.4, 0.5) is 18.0 Å². The van der Waals surface area contributed by atoms with Crippen molar-refractivity contribution in [1.82, 2.24) is 30.2 Å². The molecule has 5 heterocycles. The van der Waals surface area contributed by atoms with E-state index in [1.54, 1.807) is 42.9 Å². The van der Waals surface area contributed by atoms with Crippen LogP contribution in [0, 0.1) is 5.92 Å². The molecule has 4 fully saturated rings. The fourth-order valence-electron chi connectivity index (χ4n) is 8.90. The molecule has 22 heteroatoms. The highest BCUT2D eigenvalue weighted by atomic mass is 32.2. The predicted molar refractivity (Wildman–Crippen MR) is 245 cm³/mol. The van der Waals surface area contributed by atoms with E-state index in [-0.39, 0.29) is 51.5 Å². The number of hydrogen-bond donors (Lipinski definition) is 3. The summed E-state index contributed by atoms with van der Waals surface area (Å²) < 4.78 is 100. The number of nitrogens with one attached hydrogen (secondary N) is 3. The molecule has 2 saturated heterocycles. The zero-order valence-corrected chi connectivity index (χ0v) is 40.3. The van der Waals surface area contributed by atoms with E-state index in [0.29, 0.717) is 48.6 Å². The summed E-state index contributed by atoms with van der Waals surface area (Å²) in [6, 6.07) is 7.65. The van der Waals surface area contributed by atoms with Crippen molar-refractivity contribution in [3.05, 3.63) is 60.3 Å². The molecule has 0 bridgehead atoms. The first-order chi connectivity index (χ1) is 32.7. The second-order valence-corrected chi connectivity index (χ2v) is 21.9. The number of alkyl carbamates (subject to hydrolysis) is 1. The number of thiazole rings is 1. The Bertz CT molecular complexity index is 2520. The Morgan fingerprint density at radius 2 is 1.81 bits per heavy atom. The fourth-order valence-corrected chi connectivity index (χ4v) is 10.8. The van der Waals surface area contributed by atoms with Crippen LogP contribution >= 0.6 is 11.3 Å². The van der Waals surface area contributed by atoms with E-state index in [2.05, 4.69) is 20.3 Å². The predicted octanol–water partition coefficient (Wildman–Crippen LogP) is 6.23. The van der Waals surface area contributed by atoms with Gasteiger partial charge in [-0.25, -0.2) is 18.2 Å². The molecular formula is C47H57F3N6O11S2. The molecule has 2 aliphatic carbocycles. The molecule has 8 rings (SSSR count). The number of carbonyl (C=O) groups excluding carboxylic acids is 4. The third-order valence-corrected chi connectivity index (χ3v) is 16.2. The minimum atomic E-state index is -5.01. The fraction of sp³-hybridized carbons (Fsp3) is 0.574. The van der Waals surface area contributed by atoms with Gasteiger partial charge in [0, 0.05) is 55.9 Å². The van der Waals surface area contributed by atoms with Crippen LogP contribution in [0.15, 0.2) is 60.3 Å². The molecule has 0 spiro atoms. The molecule has 3 aliphatic heterocycles. The number of allylic oxidation sites excluding steroid dienone is 1. The number of hydrogen-bond acceptors (Lipinski definition) is 14. The highest BCUT2D eigenvalue weighted by Crippen LogP contribution is 2.48. The van der Waals surface area contributed by atoms with Gasteiger partial charge in [0.15, 0.2) is 0 Å². The molecule has 7 atom stereocenters. The van der Waals surface area contributed by atoms with Crippen molar-refractivity contribution in [2.75, 3.05) is 26.4 Å². The van der Waals surface area contributed by atoms with Gasteiger partial charge in [-0.15, -0.1) is 11.3 Å². The molecule has 0 radical (unpaired) electrons. The number of amides is 4. The lowest BCUT2D eigenvalue weighted by Gasteiger charge is -2.38. The summed E-state index contributed by atoms with van der Waals surface area (Å²) in [5, 5.41) is 5.19. The van der Waals surface area contributed by atoms with Crippen LogP contribution in [-0.4, -0.2) is 126 Å². The highest BCUT2D eigenvalue weighted by molar-refractivity contribution is 7.91. The van der Waals surface area contributed by atoms with Crippen LogP contribution in [0.1, 0.15) is 85.5 Å². The minimum absolute atomic E-state index is 0.0356. The number of halogens is 3. The first kappa shape index (κ1) is 50.1. The van der Waals surface area contributed by atoms with Gasteiger partial charge in [-0.1, -0.05) is 19.1 Å². The lowest BCUT2D eigenvalue weighted by Crippen LogP contribution is -2.62. The Labute approximate surface area is 402 Å². The summed E-state index contributed by atoms with van der Waals surface area (Å²) in [5.74, 6) is -2.26. The summed E-state index contributed by atoms with van der Waals surface area (Å²) in [6.07, 6.45) is -2.50. The number of nitrogens with zero attached hydrogens (tertiary/aromatic N) is 3. The Balaban J connectivity index is 1.14. The standard InChI is InChI=1S/C47H57F3N6O11S2/c1-5-37-39(53-43(60)67-45(47(48,49)50)15-9-18-63-26-45)41(58)56-25-33(66-32-20-34(52-35(21-32)38-24-51-27-68-38)29-11-13-31(14-12-29)65-28(2)3)22-36(56)40(57)54-46(23-30(46)10-7-6-8-19-64-37)42(59)55-69(61,62)44(4)16-17-44/h7,10-14,20-21,24,27-28,30,33,36-37,39H,5-6,8-9,15-19,22-23,25-26H2,1-4H3,(H,53,60)(H,54,57)(H,55,59)/b10-7-/t30-,33-,36+,37+,39+,45?,46-/m1/s1. The second-order valence-electron chi connectivity index (χ2n) is 18.8. The van der Waals surface area contributed by atoms with E-state index in [1.807, 2.05) is 38.1 Å². The zero-order chi connectivity index (χ0) is 49.4. The number of carbonyl (C=O) groups is 4. The molecule has 4 amide bonds. The molecule has 17 nitrogen and oxygen atoms in total. The maximum atomic E-state index is 15.1. The van der Waals surface area contributed by atoms with Gasteiger partial charge in [-0.05, 0) is 90.0 Å². The van der Waals surface area contributed by atoms with Gasteiger partial charge in [0.2, 0.25) is 27.4 Å². The van der Waals surface area contributed by atoms with Crippen molar-refractivity contribution in [1.29, 1.82) is 0 Å². The van der Waals surface area contributed by atoms with E-state index in [9.17, 15) is 36.0 Å². The number of aromatic nitrogens is 2. The Kier molecular flexibility index (Phi) is 14.4. The van der Waals surface area contributed by atoms with E-state index in [0.717, 1.165) is 15.3 Å². The summed E-state index contributed by atoms with van der Waals surface area (Å²) in [5.41, 5.74) is -1.25. The number of ether oxygens (including phenoxy) is 5. The number of sulfonamides is 1. The largest absolute Gasteiger partial charge is 0.491 e. The van der Waals surface area contributed by atoms with Crippen LogP contribution in [0.25, 0.3) is 21.8 Å². The van der Waals surface area contributed by atoms with Crippen molar-refractivity contribution in [2.24, 2.45) is 5.92 Å². The average molecular weight is 1000 g/mol. The Morgan fingerprint density at radius 3 is 2.46 bits per heavy atom.